The number of rotatable bonds is 5. The zero-order valence-electron chi connectivity index (χ0n) is 16.0. The second-order valence-electron chi connectivity index (χ2n) is 6.76. The molecule has 4 N–H and O–H groups in total. The number of aryl methyl sites for hydroxylation is 1. The second-order valence-corrected chi connectivity index (χ2v) is 7.19. The van der Waals surface area contributed by atoms with Crippen LogP contribution in [-0.2, 0) is 6.54 Å². The van der Waals surface area contributed by atoms with E-state index in [4.69, 9.17) is 32.8 Å². The minimum absolute atomic E-state index is 0.155. The highest BCUT2D eigenvalue weighted by Crippen LogP contribution is 2.24. The lowest BCUT2D eigenvalue weighted by molar-refractivity contribution is 0.192. The van der Waals surface area contributed by atoms with Gasteiger partial charge in [-0.15, -0.1) is 0 Å². The highest BCUT2D eigenvalue weighted by Gasteiger charge is 2.15. The van der Waals surface area contributed by atoms with Gasteiger partial charge in [0.05, 0.1) is 17.3 Å². The number of imidazole rings is 1. The van der Waals surface area contributed by atoms with Crippen LogP contribution >= 0.6 is 11.6 Å². The van der Waals surface area contributed by atoms with Gasteiger partial charge >= 0.3 is 0 Å². The summed E-state index contributed by atoms with van der Waals surface area (Å²) in [5.41, 5.74) is 14.8. The van der Waals surface area contributed by atoms with Crippen molar-refractivity contribution in [2.75, 3.05) is 11.5 Å². The molecule has 29 heavy (non-hydrogen) atoms. The molecule has 1 atom stereocenters. The third-order valence-corrected chi connectivity index (χ3v) is 4.63. The van der Waals surface area contributed by atoms with Crippen LogP contribution in [0, 0.1) is 6.92 Å². The molecule has 8 nitrogen and oxygen atoms in total. The van der Waals surface area contributed by atoms with Crippen molar-refractivity contribution in [1.82, 2.24) is 24.5 Å². The van der Waals surface area contributed by atoms with Crippen molar-refractivity contribution in [3.63, 3.8) is 0 Å². The molecule has 9 heteroatoms. The van der Waals surface area contributed by atoms with Gasteiger partial charge in [0, 0.05) is 17.8 Å². The number of hydrogen-bond acceptors (Lipinski definition) is 7. The molecule has 0 radical (unpaired) electrons. The van der Waals surface area contributed by atoms with Gasteiger partial charge in [0.25, 0.3) is 0 Å². The molecule has 0 aliphatic carbocycles. The average Bonchev–Trinajstić information content (AvgIpc) is 2.97. The lowest BCUT2D eigenvalue weighted by atomic mass is 10.1. The maximum absolute atomic E-state index is 5.91. The Kier molecular flexibility index (Phi) is 4.94. The molecule has 4 heterocycles. The molecular formula is C20H20ClN7O. The zero-order chi connectivity index (χ0) is 20.5. The minimum Gasteiger partial charge on any atom is -0.473 e. The predicted octanol–water partition coefficient (Wildman–Crippen LogP) is 3.48. The Hall–Kier alpha value is -3.39. The Morgan fingerprint density at radius 1 is 1.07 bits per heavy atom. The first-order chi connectivity index (χ1) is 13.9. The molecule has 4 rings (SSSR count). The highest BCUT2D eigenvalue weighted by molar-refractivity contribution is 6.30. The van der Waals surface area contributed by atoms with E-state index < -0.39 is 0 Å². The smallest absolute Gasteiger partial charge is 0.213 e. The van der Waals surface area contributed by atoms with E-state index in [0.29, 0.717) is 29.1 Å². The van der Waals surface area contributed by atoms with Crippen LogP contribution in [0.5, 0.6) is 5.88 Å². The molecule has 0 aromatic carbocycles. The van der Waals surface area contributed by atoms with E-state index in [2.05, 4.69) is 15.0 Å². The van der Waals surface area contributed by atoms with E-state index >= 15 is 0 Å². The molecule has 4 aromatic heterocycles. The summed E-state index contributed by atoms with van der Waals surface area (Å²) in [4.78, 5) is 17.6. The number of nitrogens with two attached hydrogens (primary N) is 2. The SMILES string of the molecule is Cc1nc2ccc(-c3cc(N)nc(N)c3)nc2n1C[C@H](C)Oc1ccc(Cl)cn1. The Morgan fingerprint density at radius 2 is 1.83 bits per heavy atom. The Balaban J connectivity index is 1.65. The summed E-state index contributed by atoms with van der Waals surface area (Å²) in [6, 6.07) is 10.8. The Bertz CT molecular complexity index is 1150. The molecule has 0 unspecified atom stereocenters. The van der Waals surface area contributed by atoms with Gasteiger partial charge in [-0.1, -0.05) is 11.6 Å². The van der Waals surface area contributed by atoms with Gasteiger partial charge in [0.2, 0.25) is 5.88 Å². The van der Waals surface area contributed by atoms with Crippen LogP contribution in [0.3, 0.4) is 0 Å². The topological polar surface area (TPSA) is 118 Å². The summed E-state index contributed by atoms with van der Waals surface area (Å²) in [5, 5.41) is 0.565. The molecule has 4 aromatic rings. The standard InChI is InChI=1S/C20H20ClN7O/c1-11(29-19-6-3-14(21)9-24-19)10-28-12(2)25-16-5-4-15(26-20(16)28)13-7-17(22)27-18(23)8-13/h3-9,11H,10H2,1-2H3,(H4,22,23,27)/t11-/m0/s1. The summed E-state index contributed by atoms with van der Waals surface area (Å²) in [6.07, 6.45) is 1.40. The summed E-state index contributed by atoms with van der Waals surface area (Å²) in [5.74, 6) is 2.06. The average molecular weight is 410 g/mol. The summed E-state index contributed by atoms with van der Waals surface area (Å²) >= 11 is 5.88. The van der Waals surface area contributed by atoms with Crippen molar-refractivity contribution < 1.29 is 4.74 Å². The van der Waals surface area contributed by atoms with Crippen molar-refractivity contribution >= 4 is 34.4 Å². The number of anilines is 2. The first-order valence-corrected chi connectivity index (χ1v) is 9.42. The Labute approximate surface area is 172 Å². The normalized spacial score (nSPS) is 12.2. The molecule has 0 aliphatic heterocycles. The minimum atomic E-state index is -0.155. The maximum atomic E-state index is 5.91. The molecule has 0 saturated carbocycles. The number of pyridine rings is 3. The van der Waals surface area contributed by atoms with Crippen molar-refractivity contribution in [3.8, 4) is 17.1 Å². The third kappa shape index (κ3) is 4.07. The van der Waals surface area contributed by atoms with Gasteiger partial charge in [0.15, 0.2) is 5.65 Å². The first-order valence-electron chi connectivity index (χ1n) is 9.04. The van der Waals surface area contributed by atoms with E-state index in [1.807, 2.05) is 30.5 Å². The first kappa shape index (κ1) is 18.9. The van der Waals surface area contributed by atoms with Gasteiger partial charge in [-0.05, 0) is 44.2 Å². The van der Waals surface area contributed by atoms with E-state index in [9.17, 15) is 0 Å². The zero-order valence-corrected chi connectivity index (χ0v) is 16.8. The predicted molar refractivity (Wildman–Crippen MR) is 114 cm³/mol. The van der Waals surface area contributed by atoms with Crippen molar-refractivity contribution in [2.24, 2.45) is 0 Å². The molecule has 0 saturated heterocycles. The number of ether oxygens (including phenoxy) is 1. The number of nitrogens with zero attached hydrogens (tertiary/aromatic N) is 5. The van der Waals surface area contributed by atoms with Gasteiger partial charge in [0.1, 0.15) is 29.1 Å². The van der Waals surface area contributed by atoms with Crippen LogP contribution in [0.1, 0.15) is 12.7 Å². The van der Waals surface area contributed by atoms with Crippen LogP contribution < -0.4 is 16.2 Å². The molecule has 0 aliphatic rings. The van der Waals surface area contributed by atoms with Crippen LogP contribution in [0.25, 0.3) is 22.4 Å². The summed E-state index contributed by atoms with van der Waals surface area (Å²) < 4.78 is 7.93. The monoisotopic (exact) mass is 409 g/mol. The summed E-state index contributed by atoms with van der Waals surface area (Å²) in [6.45, 7) is 4.47. The number of fused-ring (bicyclic) bond motifs is 1. The lowest BCUT2D eigenvalue weighted by Crippen LogP contribution is -2.21. The fraction of sp³-hybridized carbons (Fsp3) is 0.200. The number of hydrogen-bond donors (Lipinski definition) is 2. The molecule has 0 amide bonds. The van der Waals surface area contributed by atoms with Gasteiger partial charge in [-0.2, -0.15) is 0 Å². The highest BCUT2D eigenvalue weighted by atomic mass is 35.5. The van der Waals surface area contributed by atoms with Crippen molar-refractivity contribution in [2.45, 2.75) is 26.5 Å². The fourth-order valence-corrected chi connectivity index (χ4v) is 3.26. The van der Waals surface area contributed by atoms with Crippen molar-refractivity contribution in [1.29, 1.82) is 0 Å². The quantitative estimate of drug-likeness (QED) is 0.518. The molecular weight excluding hydrogens is 390 g/mol. The van der Waals surface area contributed by atoms with E-state index in [1.165, 1.54) is 0 Å². The van der Waals surface area contributed by atoms with Crippen molar-refractivity contribution in [3.05, 3.63) is 53.4 Å². The van der Waals surface area contributed by atoms with Gasteiger partial charge in [-0.3, -0.25) is 0 Å². The largest absolute Gasteiger partial charge is 0.473 e. The van der Waals surface area contributed by atoms with Crippen LogP contribution in [-0.4, -0.2) is 30.6 Å². The molecule has 0 fully saturated rings. The van der Waals surface area contributed by atoms with E-state index in [0.717, 1.165) is 28.2 Å². The number of nitrogen functional groups attached to an aromatic ring is 2. The van der Waals surface area contributed by atoms with Gasteiger partial charge < -0.3 is 20.8 Å². The number of aromatic nitrogens is 5. The maximum Gasteiger partial charge on any atom is 0.213 e. The molecule has 0 bridgehead atoms. The Morgan fingerprint density at radius 3 is 2.52 bits per heavy atom. The third-order valence-electron chi connectivity index (χ3n) is 4.41. The lowest BCUT2D eigenvalue weighted by Gasteiger charge is -2.16. The van der Waals surface area contributed by atoms with Gasteiger partial charge in [-0.25, -0.2) is 19.9 Å². The number of halogens is 1. The van der Waals surface area contributed by atoms with Crippen LogP contribution in [0.2, 0.25) is 5.02 Å². The molecule has 0 spiro atoms. The van der Waals surface area contributed by atoms with E-state index in [-0.39, 0.29) is 6.10 Å². The second kappa shape index (κ2) is 7.56. The van der Waals surface area contributed by atoms with Crippen LogP contribution in [0.15, 0.2) is 42.6 Å². The van der Waals surface area contributed by atoms with E-state index in [1.54, 1.807) is 30.5 Å². The summed E-state index contributed by atoms with van der Waals surface area (Å²) in [7, 11) is 0. The molecule has 148 valence electrons. The van der Waals surface area contributed by atoms with Crippen LogP contribution in [0.4, 0.5) is 11.6 Å². The fourth-order valence-electron chi connectivity index (χ4n) is 3.15.